The molecule has 0 bridgehead atoms. The molecule has 0 radical (unpaired) electrons. The molecule has 0 aliphatic heterocycles. The van der Waals surface area contributed by atoms with E-state index in [2.05, 4.69) is 24.3 Å². The lowest BCUT2D eigenvalue weighted by Crippen LogP contribution is -2.44. The number of carbonyl (C=O) groups is 1. The van der Waals surface area contributed by atoms with Gasteiger partial charge >= 0.3 is 0 Å². The van der Waals surface area contributed by atoms with Crippen molar-refractivity contribution < 1.29 is 4.79 Å². The summed E-state index contributed by atoms with van der Waals surface area (Å²) in [5, 5.41) is 3.04. The predicted octanol–water partition coefficient (Wildman–Crippen LogP) is 1.49. The van der Waals surface area contributed by atoms with Gasteiger partial charge in [0, 0.05) is 18.0 Å². The molecule has 1 rings (SSSR count). The first-order chi connectivity index (χ1) is 6.82. The zero-order valence-corrected chi connectivity index (χ0v) is 10.6. The second-order valence-corrected chi connectivity index (χ2v) is 5.83. The molecule has 0 saturated heterocycles. The molecule has 0 heterocycles. The first-order valence-corrected chi connectivity index (χ1v) is 5.77. The van der Waals surface area contributed by atoms with Crippen LogP contribution in [0.3, 0.4) is 0 Å². The quantitative estimate of drug-likeness (QED) is 0.765. The lowest BCUT2D eigenvalue weighted by atomic mass is 9.95. The Bertz CT molecular complexity index is 224. The van der Waals surface area contributed by atoms with E-state index in [1.54, 1.807) is 0 Å². The zero-order valence-electron chi connectivity index (χ0n) is 10.6. The highest BCUT2D eigenvalue weighted by atomic mass is 16.2. The van der Waals surface area contributed by atoms with Crippen LogP contribution in [0.5, 0.6) is 0 Å². The first kappa shape index (κ1) is 12.5. The fourth-order valence-corrected chi connectivity index (χ4v) is 1.71. The van der Waals surface area contributed by atoms with E-state index in [1.165, 1.54) is 12.8 Å². The van der Waals surface area contributed by atoms with Crippen LogP contribution in [-0.4, -0.2) is 37.5 Å². The number of carbonyl (C=O) groups excluding carboxylic acids is 1. The van der Waals surface area contributed by atoms with Gasteiger partial charge in [-0.1, -0.05) is 20.8 Å². The molecule has 1 amide bonds. The maximum absolute atomic E-state index is 11.7. The summed E-state index contributed by atoms with van der Waals surface area (Å²) in [6, 6.07) is 0.510. The first-order valence-electron chi connectivity index (χ1n) is 5.77. The highest BCUT2D eigenvalue weighted by Gasteiger charge is 2.33. The highest BCUT2D eigenvalue weighted by molar-refractivity contribution is 5.81. The van der Waals surface area contributed by atoms with Crippen molar-refractivity contribution in [2.24, 2.45) is 11.3 Å². The third-order valence-electron chi connectivity index (χ3n) is 2.98. The lowest BCUT2D eigenvalue weighted by Gasteiger charge is -2.26. The summed E-state index contributed by atoms with van der Waals surface area (Å²) in [6.45, 7) is 6.63. The molecule has 1 aliphatic rings. The van der Waals surface area contributed by atoms with Gasteiger partial charge in [-0.05, 0) is 32.9 Å². The van der Waals surface area contributed by atoms with Crippen LogP contribution in [0.2, 0.25) is 0 Å². The SMILES string of the molecule is CN(C)[C@H](CNC(=O)C(C)(C)C)C1CC1. The molecule has 0 spiro atoms. The topological polar surface area (TPSA) is 32.3 Å². The van der Waals surface area contributed by atoms with Crippen molar-refractivity contribution in [1.82, 2.24) is 10.2 Å². The second-order valence-electron chi connectivity index (χ2n) is 5.83. The number of nitrogens with zero attached hydrogens (tertiary/aromatic N) is 1. The van der Waals surface area contributed by atoms with Crippen molar-refractivity contribution in [2.45, 2.75) is 39.7 Å². The molecular formula is C12H24N2O. The predicted molar refractivity (Wildman–Crippen MR) is 62.7 cm³/mol. The minimum Gasteiger partial charge on any atom is -0.354 e. The van der Waals surface area contributed by atoms with Gasteiger partial charge < -0.3 is 10.2 Å². The van der Waals surface area contributed by atoms with E-state index in [1.807, 2.05) is 20.8 Å². The van der Waals surface area contributed by atoms with Crippen molar-refractivity contribution >= 4 is 5.91 Å². The molecule has 1 N–H and O–H groups in total. The number of hydrogen-bond donors (Lipinski definition) is 1. The van der Waals surface area contributed by atoms with Gasteiger partial charge in [0.2, 0.25) is 5.91 Å². The Kier molecular flexibility index (Phi) is 3.77. The highest BCUT2D eigenvalue weighted by Crippen LogP contribution is 2.34. The van der Waals surface area contributed by atoms with Crippen molar-refractivity contribution in [3.05, 3.63) is 0 Å². The summed E-state index contributed by atoms with van der Waals surface area (Å²) in [5.74, 6) is 0.940. The third kappa shape index (κ3) is 3.82. The van der Waals surface area contributed by atoms with E-state index in [4.69, 9.17) is 0 Å². The van der Waals surface area contributed by atoms with E-state index < -0.39 is 0 Å². The van der Waals surface area contributed by atoms with Crippen molar-refractivity contribution in [1.29, 1.82) is 0 Å². The summed E-state index contributed by atoms with van der Waals surface area (Å²) >= 11 is 0. The van der Waals surface area contributed by atoms with E-state index >= 15 is 0 Å². The Morgan fingerprint density at radius 3 is 2.27 bits per heavy atom. The van der Waals surface area contributed by atoms with Crippen LogP contribution < -0.4 is 5.32 Å². The molecular weight excluding hydrogens is 188 g/mol. The van der Waals surface area contributed by atoms with Crippen LogP contribution in [-0.2, 0) is 4.79 Å². The van der Waals surface area contributed by atoms with Gasteiger partial charge in [0.25, 0.3) is 0 Å². The standard InChI is InChI=1S/C12H24N2O/c1-12(2,3)11(15)13-8-10(14(4)5)9-6-7-9/h9-10H,6-8H2,1-5H3,(H,13,15)/t10-/m1/s1. The number of rotatable bonds is 4. The molecule has 15 heavy (non-hydrogen) atoms. The van der Waals surface area contributed by atoms with Crippen molar-refractivity contribution in [3.8, 4) is 0 Å². The minimum absolute atomic E-state index is 0.148. The summed E-state index contributed by atoms with van der Waals surface area (Å²) < 4.78 is 0. The molecule has 88 valence electrons. The zero-order chi connectivity index (χ0) is 11.6. The summed E-state index contributed by atoms with van der Waals surface area (Å²) in [7, 11) is 4.18. The largest absolute Gasteiger partial charge is 0.354 e. The molecule has 0 unspecified atom stereocenters. The normalized spacial score (nSPS) is 19.1. The van der Waals surface area contributed by atoms with Crippen LogP contribution in [0.1, 0.15) is 33.6 Å². The summed E-state index contributed by atoms with van der Waals surface area (Å²) in [4.78, 5) is 13.9. The number of amides is 1. The Morgan fingerprint density at radius 1 is 1.40 bits per heavy atom. The van der Waals surface area contributed by atoms with Gasteiger partial charge in [-0.3, -0.25) is 4.79 Å². The van der Waals surface area contributed by atoms with Crippen LogP contribution in [0.15, 0.2) is 0 Å². The summed E-state index contributed by atoms with van der Waals surface area (Å²) in [6.07, 6.45) is 2.63. The van der Waals surface area contributed by atoms with Crippen LogP contribution in [0.4, 0.5) is 0 Å². The average Bonchev–Trinajstić information content (AvgIpc) is 2.85. The molecule has 3 heteroatoms. The van der Waals surface area contributed by atoms with E-state index in [9.17, 15) is 4.79 Å². The fourth-order valence-electron chi connectivity index (χ4n) is 1.71. The molecule has 1 atom stereocenters. The Balaban J connectivity index is 2.37. The van der Waals surface area contributed by atoms with Gasteiger partial charge in [0.1, 0.15) is 0 Å². The monoisotopic (exact) mass is 212 g/mol. The average molecular weight is 212 g/mol. The molecule has 0 aromatic carbocycles. The van der Waals surface area contributed by atoms with E-state index in [0.29, 0.717) is 6.04 Å². The molecule has 1 aliphatic carbocycles. The van der Waals surface area contributed by atoms with Gasteiger partial charge in [-0.2, -0.15) is 0 Å². The van der Waals surface area contributed by atoms with Gasteiger partial charge in [0.15, 0.2) is 0 Å². The van der Waals surface area contributed by atoms with E-state index in [-0.39, 0.29) is 11.3 Å². The fraction of sp³-hybridized carbons (Fsp3) is 0.917. The molecule has 3 nitrogen and oxygen atoms in total. The smallest absolute Gasteiger partial charge is 0.225 e. The number of likely N-dealkylation sites (N-methyl/N-ethyl adjacent to an activating group) is 1. The Morgan fingerprint density at radius 2 is 1.93 bits per heavy atom. The van der Waals surface area contributed by atoms with Crippen LogP contribution >= 0.6 is 0 Å². The lowest BCUT2D eigenvalue weighted by molar-refractivity contribution is -0.128. The molecule has 1 fully saturated rings. The number of nitrogens with one attached hydrogen (secondary N) is 1. The molecule has 1 saturated carbocycles. The van der Waals surface area contributed by atoms with Crippen molar-refractivity contribution in [2.75, 3.05) is 20.6 Å². The van der Waals surface area contributed by atoms with Crippen molar-refractivity contribution in [3.63, 3.8) is 0 Å². The van der Waals surface area contributed by atoms with Crippen LogP contribution in [0.25, 0.3) is 0 Å². The number of hydrogen-bond acceptors (Lipinski definition) is 2. The molecule has 0 aromatic heterocycles. The third-order valence-corrected chi connectivity index (χ3v) is 2.98. The van der Waals surface area contributed by atoms with Gasteiger partial charge in [-0.25, -0.2) is 0 Å². The maximum atomic E-state index is 11.7. The summed E-state index contributed by atoms with van der Waals surface area (Å²) in [5.41, 5.74) is -0.277. The van der Waals surface area contributed by atoms with Gasteiger partial charge in [0.05, 0.1) is 0 Å². The van der Waals surface area contributed by atoms with Gasteiger partial charge in [-0.15, -0.1) is 0 Å². The second kappa shape index (κ2) is 4.52. The Labute approximate surface area is 93.2 Å². The molecule has 0 aromatic rings. The Hall–Kier alpha value is -0.570. The van der Waals surface area contributed by atoms with E-state index in [0.717, 1.165) is 12.5 Å². The maximum Gasteiger partial charge on any atom is 0.225 e. The minimum atomic E-state index is -0.277. The van der Waals surface area contributed by atoms with Crippen LogP contribution in [0, 0.1) is 11.3 Å².